The molecule has 20 heavy (non-hydrogen) atoms. The van der Waals surface area contributed by atoms with Gasteiger partial charge in [0.2, 0.25) is 0 Å². The lowest BCUT2D eigenvalue weighted by atomic mass is 10.2. The molecule has 0 aliphatic carbocycles. The Morgan fingerprint density at radius 2 is 1.75 bits per heavy atom. The number of aryl methyl sites for hydroxylation is 1. The van der Waals surface area contributed by atoms with Crippen molar-refractivity contribution in [2.24, 2.45) is 0 Å². The molecule has 0 heterocycles. The molecule has 2 N–H and O–H groups in total. The summed E-state index contributed by atoms with van der Waals surface area (Å²) in [5.41, 5.74) is 2.12. The molecular weight excluding hydrogens is 318 g/mol. The quantitative estimate of drug-likeness (QED) is 0.736. The summed E-state index contributed by atoms with van der Waals surface area (Å²) in [6, 6.07) is 9.49. The molecule has 0 saturated carbocycles. The van der Waals surface area contributed by atoms with E-state index < -0.39 is 0 Å². The van der Waals surface area contributed by atoms with Crippen molar-refractivity contribution in [3.8, 4) is 0 Å². The number of thiocarbonyl (C=S) groups is 1. The van der Waals surface area contributed by atoms with E-state index in [1.165, 1.54) is 12.1 Å². The maximum Gasteiger partial charge on any atom is 0.175 e. The van der Waals surface area contributed by atoms with Crippen molar-refractivity contribution in [2.75, 3.05) is 10.6 Å². The Kier molecular flexibility index (Phi) is 4.81. The third-order valence-corrected chi connectivity index (χ3v) is 3.38. The van der Waals surface area contributed by atoms with E-state index in [9.17, 15) is 4.39 Å². The summed E-state index contributed by atoms with van der Waals surface area (Å²) in [6.07, 6.45) is 0. The van der Waals surface area contributed by atoms with Gasteiger partial charge in [0.05, 0.1) is 10.7 Å². The Bertz CT molecular complexity index is 662. The molecule has 104 valence electrons. The third kappa shape index (κ3) is 3.82. The highest BCUT2D eigenvalue weighted by molar-refractivity contribution is 7.80. The number of halogens is 3. The van der Waals surface area contributed by atoms with E-state index in [-0.39, 0.29) is 5.82 Å². The van der Waals surface area contributed by atoms with E-state index >= 15 is 0 Å². The topological polar surface area (TPSA) is 24.1 Å². The molecule has 0 aromatic heterocycles. The second kappa shape index (κ2) is 6.39. The summed E-state index contributed by atoms with van der Waals surface area (Å²) in [4.78, 5) is 0. The molecule has 0 saturated heterocycles. The van der Waals surface area contributed by atoms with Gasteiger partial charge in [0.1, 0.15) is 5.82 Å². The van der Waals surface area contributed by atoms with Crippen LogP contribution in [0.25, 0.3) is 0 Å². The molecule has 2 rings (SSSR count). The van der Waals surface area contributed by atoms with Crippen LogP contribution < -0.4 is 10.6 Å². The SMILES string of the molecule is Cc1ccc(F)cc1NC(=S)Nc1ccc(Cl)cc1Cl. The van der Waals surface area contributed by atoms with Gasteiger partial charge in [-0.1, -0.05) is 29.3 Å². The van der Waals surface area contributed by atoms with E-state index in [0.29, 0.717) is 26.5 Å². The fourth-order valence-electron chi connectivity index (χ4n) is 1.60. The van der Waals surface area contributed by atoms with Crippen LogP contribution in [-0.2, 0) is 0 Å². The van der Waals surface area contributed by atoms with E-state index in [1.54, 1.807) is 24.3 Å². The zero-order chi connectivity index (χ0) is 14.7. The summed E-state index contributed by atoms with van der Waals surface area (Å²) in [5, 5.41) is 7.19. The minimum atomic E-state index is -0.328. The first-order valence-corrected chi connectivity index (χ1v) is 6.91. The van der Waals surface area contributed by atoms with E-state index in [1.807, 2.05) is 6.92 Å². The number of anilines is 2. The summed E-state index contributed by atoms with van der Waals surface area (Å²) < 4.78 is 13.2. The molecule has 0 aliphatic rings. The van der Waals surface area contributed by atoms with Crippen LogP contribution >= 0.6 is 35.4 Å². The molecule has 2 aromatic carbocycles. The van der Waals surface area contributed by atoms with Gasteiger partial charge in [-0.05, 0) is 55.0 Å². The number of hydrogen-bond donors (Lipinski definition) is 2. The number of benzene rings is 2. The predicted molar refractivity (Wildman–Crippen MR) is 87.4 cm³/mol. The van der Waals surface area contributed by atoms with Crippen LogP contribution in [0.1, 0.15) is 5.56 Å². The zero-order valence-corrected chi connectivity index (χ0v) is 12.8. The summed E-state index contributed by atoms with van der Waals surface area (Å²) in [6.45, 7) is 1.86. The molecule has 0 amide bonds. The first kappa shape index (κ1) is 15.0. The molecule has 0 spiro atoms. The first-order chi connectivity index (χ1) is 9.45. The lowest BCUT2D eigenvalue weighted by molar-refractivity contribution is 0.628. The highest BCUT2D eigenvalue weighted by Crippen LogP contribution is 2.25. The average molecular weight is 329 g/mol. The summed E-state index contributed by atoms with van der Waals surface area (Å²) >= 11 is 17.0. The van der Waals surface area contributed by atoms with E-state index in [4.69, 9.17) is 35.4 Å². The van der Waals surface area contributed by atoms with Crippen LogP contribution in [0.5, 0.6) is 0 Å². The van der Waals surface area contributed by atoms with Gasteiger partial charge in [0, 0.05) is 10.7 Å². The van der Waals surface area contributed by atoms with Crippen LogP contribution in [0.15, 0.2) is 36.4 Å². The van der Waals surface area contributed by atoms with Crippen LogP contribution in [0.4, 0.5) is 15.8 Å². The second-order valence-electron chi connectivity index (χ2n) is 4.16. The van der Waals surface area contributed by atoms with Gasteiger partial charge in [0.25, 0.3) is 0 Å². The summed E-state index contributed by atoms with van der Waals surface area (Å²) in [7, 11) is 0. The largest absolute Gasteiger partial charge is 0.332 e. The van der Waals surface area contributed by atoms with Crippen molar-refractivity contribution in [3.63, 3.8) is 0 Å². The molecule has 0 atom stereocenters. The first-order valence-electron chi connectivity index (χ1n) is 5.75. The Balaban J connectivity index is 2.11. The van der Waals surface area contributed by atoms with Crippen molar-refractivity contribution in [1.82, 2.24) is 0 Å². The van der Waals surface area contributed by atoms with Crippen molar-refractivity contribution in [1.29, 1.82) is 0 Å². The van der Waals surface area contributed by atoms with Crippen molar-refractivity contribution in [3.05, 3.63) is 57.8 Å². The Morgan fingerprint density at radius 1 is 1.05 bits per heavy atom. The van der Waals surface area contributed by atoms with E-state index in [2.05, 4.69) is 10.6 Å². The van der Waals surface area contributed by atoms with Crippen LogP contribution in [0.3, 0.4) is 0 Å². The minimum absolute atomic E-state index is 0.322. The standard InChI is InChI=1S/C14H11Cl2FN2S/c1-8-2-4-10(17)7-13(8)19-14(20)18-12-5-3-9(15)6-11(12)16/h2-7H,1H3,(H2,18,19,20). The van der Waals surface area contributed by atoms with Gasteiger partial charge in [0.15, 0.2) is 5.11 Å². The molecule has 0 fully saturated rings. The number of hydrogen-bond acceptors (Lipinski definition) is 1. The average Bonchev–Trinajstić information content (AvgIpc) is 2.37. The van der Waals surface area contributed by atoms with Crippen LogP contribution in [0, 0.1) is 12.7 Å². The molecule has 0 bridgehead atoms. The molecular formula is C14H11Cl2FN2S. The van der Waals surface area contributed by atoms with Gasteiger partial charge < -0.3 is 10.6 Å². The van der Waals surface area contributed by atoms with Crippen LogP contribution in [0.2, 0.25) is 10.0 Å². The molecule has 0 radical (unpaired) electrons. The Hall–Kier alpha value is -1.36. The van der Waals surface area contributed by atoms with E-state index in [0.717, 1.165) is 5.56 Å². The highest BCUT2D eigenvalue weighted by Gasteiger charge is 2.06. The summed E-state index contributed by atoms with van der Waals surface area (Å²) in [5.74, 6) is -0.328. The predicted octanol–water partition coefficient (Wildman–Crippen LogP) is 5.25. The highest BCUT2D eigenvalue weighted by atomic mass is 35.5. The van der Waals surface area contributed by atoms with Gasteiger partial charge in [-0.25, -0.2) is 4.39 Å². The fourth-order valence-corrected chi connectivity index (χ4v) is 2.27. The lowest BCUT2D eigenvalue weighted by Gasteiger charge is -2.13. The van der Waals surface area contributed by atoms with Gasteiger partial charge in [-0.3, -0.25) is 0 Å². The zero-order valence-electron chi connectivity index (χ0n) is 10.5. The van der Waals surface area contributed by atoms with Gasteiger partial charge >= 0.3 is 0 Å². The normalized spacial score (nSPS) is 10.2. The smallest absolute Gasteiger partial charge is 0.175 e. The van der Waals surface area contributed by atoms with Crippen LogP contribution in [-0.4, -0.2) is 5.11 Å². The minimum Gasteiger partial charge on any atom is -0.332 e. The van der Waals surface area contributed by atoms with Crippen molar-refractivity contribution < 1.29 is 4.39 Å². The molecule has 6 heteroatoms. The Labute approximate surface area is 131 Å². The molecule has 2 aromatic rings. The number of nitrogens with one attached hydrogen (secondary N) is 2. The molecule has 0 unspecified atom stereocenters. The number of rotatable bonds is 2. The van der Waals surface area contributed by atoms with Gasteiger partial charge in [-0.15, -0.1) is 0 Å². The maximum atomic E-state index is 13.2. The maximum absolute atomic E-state index is 13.2. The van der Waals surface area contributed by atoms with Crippen molar-refractivity contribution in [2.45, 2.75) is 6.92 Å². The lowest BCUT2D eigenvalue weighted by Crippen LogP contribution is -2.19. The fraction of sp³-hybridized carbons (Fsp3) is 0.0714. The Morgan fingerprint density at radius 3 is 2.45 bits per heavy atom. The third-order valence-electron chi connectivity index (χ3n) is 2.63. The second-order valence-corrected chi connectivity index (χ2v) is 5.41. The monoisotopic (exact) mass is 328 g/mol. The van der Waals surface area contributed by atoms with Gasteiger partial charge in [-0.2, -0.15) is 0 Å². The molecule has 0 aliphatic heterocycles. The molecule has 2 nitrogen and oxygen atoms in total. The van der Waals surface area contributed by atoms with Crippen molar-refractivity contribution >= 4 is 51.9 Å².